The molecule has 3 N–H and O–H groups in total. The van der Waals surface area contributed by atoms with Gasteiger partial charge < -0.3 is 15.4 Å². The number of anilines is 2. The Kier molecular flexibility index (Phi) is 5.30. The first-order valence-corrected chi connectivity index (χ1v) is 8.03. The van der Waals surface area contributed by atoms with Gasteiger partial charge in [-0.25, -0.2) is 5.43 Å². The number of rotatable bonds is 5. The Morgan fingerprint density at radius 3 is 2.57 bits per heavy atom. The van der Waals surface area contributed by atoms with E-state index in [0.717, 1.165) is 6.08 Å². The lowest BCUT2D eigenvalue weighted by Gasteiger charge is -2.20. The van der Waals surface area contributed by atoms with E-state index in [9.17, 15) is 19.7 Å². The Bertz CT molecular complexity index is 1020. The van der Waals surface area contributed by atoms with Crippen molar-refractivity contribution in [1.82, 2.24) is 5.43 Å². The molecule has 0 unspecified atom stereocenters. The molecule has 0 saturated heterocycles. The van der Waals surface area contributed by atoms with Gasteiger partial charge in [0.2, 0.25) is 5.75 Å². The number of benzene rings is 2. The second-order valence-corrected chi connectivity index (χ2v) is 5.57. The van der Waals surface area contributed by atoms with E-state index in [-0.39, 0.29) is 17.1 Å². The van der Waals surface area contributed by atoms with Crippen molar-refractivity contribution in [2.45, 2.75) is 0 Å². The molecule has 0 saturated carbocycles. The Balaban J connectivity index is 1.71. The Hall–Kier alpha value is -4.21. The van der Waals surface area contributed by atoms with Gasteiger partial charge in [0.05, 0.1) is 29.6 Å². The van der Waals surface area contributed by atoms with E-state index >= 15 is 0 Å². The SMILES string of the molecule is COc1c(/C=N\NC(=O)/C=C2\Nc3ccccc3NC2=O)cccc1[N+](=O)[O-]. The molecule has 0 spiro atoms. The first-order chi connectivity index (χ1) is 13.5. The third-order valence-electron chi connectivity index (χ3n) is 3.77. The molecule has 2 aromatic rings. The van der Waals surface area contributed by atoms with E-state index in [1.54, 1.807) is 30.3 Å². The number of carbonyl (C=O) groups is 2. The molecule has 142 valence electrons. The molecule has 0 bridgehead atoms. The predicted octanol–water partition coefficient (Wildman–Crippen LogP) is 2.00. The number of nitro benzene ring substituents is 1. The Morgan fingerprint density at radius 2 is 1.89 bits per heavy atom. The zero-order chi connectivity index (χ0) is 20.1. The molecule has 10 nitrogen and oxygen atoms in total. The summed E-state index contributed by atoms with van der Waals surface area (Å²) in [5.74, 6) is -1.09. The zero-order valence-electron chi connectivity index (χ0n) is 14.6. The summed E-state index contributed by atoms with van der Waals surface area (Å²) in [4.78, 5) is 34.5. The average molecular weight is 381 g/mol. The Morgan fingerprint density at radius 1 is 1.18 bits per heavy atom. The molecule has 2 aromatic carbocycles. The standard InChI is InChI=1S/C18H15N5O5/c1-28-17-11(5-4-8-15(17)23(26)27)10-19-22-16(24)9-14-18(25)21-13-7-3-2-6-12(13)20-14/h2-10,20H,1H3,(H,21,25)(H,22,24)/b14-9-,19-10-. The maximum atomic E-state index is 12.0. The van der Waals surface area contributed by atoms with Gasteiger partial charge >= 0.3 is 5.69 Å². The highest BCUT2D eigenvalue weighted by atomic mass is 16.6. The van der Waals surface area contributed by atoms with Crippen LogP contribution in [-0.2, 0) is 9.59 Å². The minimum Gasteiger partial charge on any atom is -0.490 e. The van der Waals surface area contributed by atoms with Crippen molar-refractivity contribution in [3.8, 4) is 5.75 Å². The van der Waals surface area contributed by atoms with Crippen LogP contribution in [0.4, 0.5) is 17.1 Å². The third-order valence-corrected chi connectivity index (χ3v) is 3.77. The fourth-order valence-electron chi connectivity index (χ4n) is 2.53. The van der Waals surface area contributed by atoms with Crippen molar-refractivity contribution in [3.63, 3.8) is 0 Å². The highest BCUT2D eigenvalue weighted by Gasteiger charge is 2.20. The van der Waals surface area contributed by atoms with Gasteiger partial charge in [0.25, 0.3) is 11.8 Å². The van der Waals surface area contributed by atoms with Crippen molar-refractivity contribution in [2.24, 2.45) is 5.10 Å². The lowest BCUT2D eigenvalue weighted by Crippen LogP contribution is -2.27. The number of fused-ring (bicyclic) bond motifs is 1. The largest absolute Gasteiger partial charge is 0.490 e. The van der Waals surface area contributed by atoms with Gasteiger partial charge in [-0.15, -0.1) is 0 Å². The summed E-state index contributed by atoms with van der Waals surface area (Å²) in [6, 6.07) is 11.4. The number of carbonyl (C=O) groups excluding carboxylic acids is 2. The molecule has 1 aliphatic rings. The number of nitrogens with zero attached hydrogens (tertiary/aromatic N) is 2. The van der Waals surface area contributed by atoms with Crippen LogP contribution in [0, 0.1) is 10.1 Å². The lowest BCUT2D eigenvalue weighted by molar-refractivity contribution is -0.385. The molecule has 2 amide bonds. The molecule has 1 heterocycles. The molecule has 0 fully saturated rings. The molecule has 1 aliphatic heterocycles. The zero-order valence-corrected chi connectivity index (χ0v) is 14.6. The maximum absolute atomic E-state index is 12.0. The van der Waals surface area contributed by atoms with Gasteiger partial charge in [0.1, 0.15) is 5.70 Å². The fraction of sp³-hybridized carbons (Fsp3) is 0.0556. The van der Waals surface area contributed by atoms with Crippen LogP contribution in [0.1, 0.15) is 5.56 Å². The van der Waals surface area contributed by atoms with Gasteiger partial charge in [-0.2, -0.15) is 5.10 Å². The smallest absolute Gasteiger partial charge is 0.311 e. The van der Waals surface area contributed by atoms with Crippen LogP contribution in [0.2, 0.25) is 0 Å². The summed E-state index contributed by atoms with van der Waals surface area (Å²) in [6.07, 6.45) is 2.28. The molecule has 3 rings (SSSR count). The second-order valence-electron chi connectivity index (χ2n) is 5.57. The topological polar surface area (TPSA) is 135 Å². The minimum absolute atomic E-state index is 0.0220. The van der Waals surface area contributed by atoms with Crippen molar-refractivity contribution in [2.75, 3.05) is 17.7 Å². The number of methoxy groups -OCH3 is 1. The van der Waals surface area contributed by atoms with E-state index in [2.05, 4.69) is 21.2 Å². The van der Waals surface area contributed by atoms with Crippen LogP contribution in [0.15, 0.2) is 59.3 Å². The van der Waals surface area contributed by atoms with E-state index in [1.165, 1.54) is 25.5 Å². The van der Waals surface area contributed by atoms with Crippen molar-refractivity contribution in [1.29, 1.82) is 0 Å². The first kappa shape index (κ1) is 18.6. The molecule has 0 atom stereocenters. The van der Waals surface area contributed by atoms with Crippen LogP contribution in [0.3, 0.4) is 0 Å². The summed E-state index contributed by atoms with van der Waals surface area (Å²) in [5.41, 5.74) is 3.65. The molecule has 0 radical (unpaired) electrons. The highest BCUT2D eigenvalue weighted by Crippen LogP contribution is 2.29. The maximum Gasteiger partial charge on any atom is 0.311 e. The van der Waals surface area contributed by atoms with Crippen LogP contribution in [0.25, 0.3) is 0 Å². The summed E-state index contributed by atoms with van der Waals surface area (Å²) >= 11 is 0. The lowest BCUT2D eigenvalue weighted by atomic mass is 10.2. The molecular weight excluding hydrogens is 366 g/mol. The molecule has 10 heteroatoms. The van der Waals surface area contributed by atoms with Crippen LogP contribution < -0.4 is 20.8 Å². The van der Waals surface area contributed by atoms with Crippen molar-refractivity contribution >= 4 is 35.1 Å². The van der Waals surface area contributed by atoms with Gasteiger partial charge in [-0.05, 0) is 18.2 Å². The van der Waals surface area contributed by atoms with Crippen LogP contribution in [-0.4, -0.2) is 30.1 Å². The van der Waals surface area contributed by atoms with Gasteiger partial charge in [-0.1, -0.05) is 18.2 Å². The average Bonchev–Trinajstić information content (AvgIpc) is 2.68. The summed E-state index contributed by atoms with van der Waals surface area (Å²) in [5, 5.41) is 20.3. The molecule has 28 heavy (non-hydrogen) atoms. The number of hydrogen-bond acceptors (Lipinski definition) is 7. The van der Waals surface area contributed by atoms with Crippen LogP contribution >= 0.6 is 0 Å². The number of hydrogen-bond donors (Lipinski definition) is 3. The highest BCUT2D eigenvalue weighted by molar-refractivity contribution is 6.13. The Labute approximate surface area is 159 Å². The van der Waals surface area contributed by atoms with Gasteiger partial charge in [0, 0.05) is 17.7 Å². The third kappa shape index (κ3) is 3.96. The minimum atomic E-state index is -0.655. The van der Waals surface area contributed by atoms with E-state index in [0.29, 0.717) is 16.9 Å². The second kappa shape index (κ2) is 7.99. The van der Waals surface area contributed by atoms with E-state index in [4.69, 9.17) is 4.74 Å². The van der Waals surface area contributed by atoms with Gasteiger partial charge in [-0.3, -0.25) is 19.7 Å². The van der Waals surface area contributed by atoms with Crippen molar-refractivity contribution < 1.29 is 19.2 Å². The number of hydrazone groups is 1. The summed E-state index contributed by atoms with van der Waals surface area (Å²) in [7, 11) is 1.30. The first-order valence-electron chi connectivity index (χ1n) is 8.03. The quantitative estimate of drug-likeness (QED) is 0.314. The van der Waals surface area contributed by atoms with Crippen molar-refractivity contribution in [3.05, 3.63) is 69.9 Å². The monoisotopic (exact) mass is 381 g/mol. The van der Waals surface area contributed by atoms with E-state index in [1.807, 2.05) is 0 Å². The number of ether oxygens (including phenoxy) is 1. The number of nitrogens with one attached hydrogen (secondary N) is 3. The van der Waals surface area contributed by atoms with E-state index < -0.39 is 16.7 Å². The number of nitro groups is 1. The predicted molar refractivity (Wildman–Crippen MR) is 102 cm³/mol. The van der Waals surface area contributed by atoms with Crippen LogP contribution in [0.5, 0.6) is 5.75 Å². The fourth-order valence-corrected chi connectivity index (χ4v) is 2.53. The summed E-state index contributed by atoms with van der Waals surface area (Å²) in [6.45, 7) is 0. The number of para-hydroxylation sites is 3. The molecule has 0 aliphatic carbocycles. The molecule has 0 aromatic heterocycles. The molecular formula is C18H15N5O5. The number of amides is 2. The van der Waals surface area contributed by atoms with Gasteiger partial charge in [0.15, 0.2) is 0 Å². The normalized spacial score (nSPS) is 14.2. The summed E-state index contributed by atoms with van der Waals surface area (Å²) < 4.78 is 5.04.